The quantitative estimate of drug-likeness (QED) is 0.805. The van der Waals surface area contributed by atoms with Crippen LogP contribution in [0.25, 0.3) is 0 Å². The lowest BCUT2D eigenvalue weighted by Gasteiger charge is -2.33. The Hall–Kier alpha value is -2.20. The Balaban J connectivity index is 2.43. The first-order chi connectivity index (χ1) is 9.20. The Bertz CT molecular complexity index is 528. The van der Waals surface area contributed by atoms with Gasteiger partial charge in [0.05, 0.1) is 6.54 Å². The Morgan fingerprint density at radius 3 is 2.47 bits per heavy atom. The number of rotatable bonds is 6. The van der Waals surface area contributed by atoms with Crippen LogP contribution in [0.3, 0.4) is 0 Å². The van der Waals surface area contributed by atoms with Gasteiger partial charge in [-0.25, -0.2) is 9.67 Å². The zero-order valence-corrected chi connectivity index (χ0v) is 10.7. The van der Waals surface area contributed by atoms with Crippen LogP contribution in [0.2, 0.25) is 0 Å². The maximum absolute atomic E-state index is 11.1. The molecule has 0 bridgehead atoms. The number of benzene rings is 1. The van der Waals surface area contributed by atoms with Gasteiger partial charge in [-0.3, -0.25) is 0 Å². The predicted molar refractivity (Wildman–Crippen MR) is 74.2 cm³/mol. The van der Waals surface area contributed by atoms with Gasteiger partial charge < -0.3 is 5.11 Å². The summed E-state index contributed by atoms with van der Waals surface area (Å²) >= 11 is 0. The molecule has 0 saturated carbocycles. The first-order valence-electron chi connectivity index (χ1n) is 6.06. The highest BCUT2D eigenvalue weighted by Gasteiger charge is 2.35. The van der Waals surface area contributed by atoms with Crippen molar-refractivity contribution in [2.75, 3.05) is 0 Å². The Kier molecular flexibility index (Phi) is 3.92. The Morgan fingerprint density at radius 1 is 1.26 bits per heavy atom. The third kappa shape index (κ3) is 2.63. The minimum atomic E-state index is -1.14. The fourth-order valence-electron chi connectivity index (χ4n) is 2.16. The standard InChI is InChI=1S/C15H17N3O/c1-3-13(4-2)15(19,10-18-12-16-11-17-18)14-8-6-5-7-9-14/h3-9,11-13,19H,1-2,10H2. The molecule has 1 unspecified atom stereocenters. The fourth-order valence-corrected chi connectivity index (χ4v) is 2.16. The molecule has 0 fully saturated rings. The Morgan fingerprint density at radius 2 is 1.95 bits per heavy atom. The van der Waals surface area contributed by atoms with E-state index in [2.05, 4.69) is 23.2 Å². The van der Waals surface area contributed by atoms with Gasteiger partial charge in [-0.05, 0) is 5.56 Å². The van der Waals surface area contributed by atoms with Crippen molar-refractivity contribution in [1.82, 2.24) is 14.8 Å². The van der Waals surface area contributed by atoms with Crippen molar-refractivity contribution >= 4 is 0 Å². The molecule has 0 aliphatic heterocycles. The number of hydrogen-bond donors (Lipinski definition) is 1. The second kappa shape index (κ2) is 5.63. The van der Waals surface area contributed by atoms with Crippen LogP contribution in [-0.4, -0.2) is 19.9 Å². The smallest absolute Gasteiger partial charge is 0.137 e. The lowest BCUT2D eigenvalue weighted by Crippen LogP contribution is -2.38. The van der Waals surface area contributed by atoms with Gasteiger partial charge in [0.2, 0.25) is 0 Å². The summed E-state index contributed by atoms with van der Waals surface area (Å²) in [6.07, 6.45) is 6.41. The molecule has 1 N–H and O–H groups in total. The highest BCUT2D eigenvalue weighted by Crippen LogP contribution is 2.33. The molecule has 0 amide bonds. The largest absolute Gasteiger partial charge is 0.382 e. The summed E-state index contributed by atoms with van der Waals surface area (Å²) < 4.78 is 1.60. The molecule has 1 atom stereocenters. The third-order valence-electron chi connectivity index (χ3n) is 3.20. The normalized spacial score (nSPS) is 14.0. The van der Waals surface area contributed by atoms with E-state index >= 15 is 0 Å². The van der Waals surface area contributed by atoms with Crippen LogP contribution < -0.4 is 0 Å². The highest BCUT2D eigenvalue weighted by atomic mass is 16.3. The van der Waals surface area contributed by atoms with Crippen molar-refractivity contribution in [1.29, 1.82) is 0 Å². The van der Waals surface area contributed by atoms with E-state index in [1.807, 2.05) is 30.3 Å². The maximum Gasteiger partial charge on any atom is 0.137 e. The predicted octanol–water partition coefficient (Wildman–Crippen LogP) is 2.15. The molecule has 4 nitrogen and oxygen atoms in total. The van der Waals surface area contributed by atoms with Gasteiger partial charge in [0, 0.05) is 5.92 Å². The van der Waals surface area contributed by atoms with E-state index in [4.69, 9.17) is 0 Å². The number of hydrogen-bond acceptors (Lipinski definition) is 3. The van der Waals surface area contributed by atoms with Gasteiger partial charge in [-0.15, -0.1) is 13.2 Å². The molecular weight excluding hydrogens is 238 g/mol. The van der Waals surface area contributed by atoms with Crippen molar-refractivity contribution in [2.24, 2.45) is 5.92 Å². The van der Waals surface area contributed by atoms with E-state index in [1.165, 1.54) is 6.33 Å². The molecule has 2 rings (SSSR count). The zero-order valence-electron chi connectivity index (χ0n) is 10.7. The monoisotopic (exact) mass is 255 g/mol. The van der Waals surface area contributed by atoms with E-state index < -0.39 is 5.60 Å². The van der Waals surface area contributed by atoms with Crippen molar-refractivity contribution in [2.45, 2.75) is 12.1 Å². The maximum atomic E-state index is 11.1. The fraction of sp³-hybridized carbons (Fsp3) is 0.200. The minimum Gasteiger partial charge on any atom is -0.382 e. The molecule has 0 aliphatic rings. The van der Waals surface area contributed by atoms with Gasteiger partial charge in [0.1, 0.15) is 18.3 Å². The first-order valence-corrected chi connectivity index (χ1v) is 6.06. The summed E-state index contributed by atoms with van der Waals surface area (Å²) in [7, 11) is 0. The van der Waals surface area contributed by atoms with Crippen LogP contribution in [0.5, 0.6) is 0 Å². The summed E-state index contributed by atoms with van der Waals surface area (Å²) in [5.74, 6) is -0.279. The molecule has 1 aromatic carbocycles. The van der Waals surface area contributed by atoms with E-state index in [0.29, 0.717) is 6.54 Å². The molecule has 4 heteroatoms. The third-order valence-corrected chi connectivity index (χ3v) is 3.20. The number of nitrogens with zero attached hydrogens (tertiary/aromatic N) is 3. The van der Waals surface area contributed by atoms with Crippen LogP contribution in [-0.2, 0) is 12.1 Å². The van der Waals surface area contributed by atoms with Crippen molar-refractivity contribution in [3.63, 3.8) is 0 Å². The minimum absolute atomic E-state index is 0.279. The van der Waals surface area contributed by atoms with Crippen LogP contribution in [0.15, 0.2) is 68.3 Å². The van der Waals surface area contributed by atoms with Gasteiger partial charge in [0.15, 0.2) is 0 Å². The van der Waals surface area contributed by atoms with Crippen molar-refractivity contribution in [3.05, 3.63) is 73.9 Å². The summed E-state index contributed by atoms with van der Waals surface area (Å²) in [5.41, 5.74) is -0.339. The molecule has 0 radical (unpaired) electrons. The van der Waals surface area contributed by atoms with Crippen LogP contribution >= 0.6 is 0 Å². The van der Waals surface area contributed by atoms with E-state index in [0.717, 1.165) is 5.56 Å². The second-order valence-electron chi connectivity index (χ2n) is 4.38. The SMILES string of the molecule is C=CC(C=C)C(O)(Cn1cncn1)c1ccccc1. The molecule has 0 spiro atoms. The van der Waals surface area contributed by atoms with Crippen LogP contribution in [0.1, 0.15) is 5.56 Å². The topological polar surface area (TPSA) is 50.9 Å². The van der Waals surface area contributed by atoms with Gasteiger partial charge >= 0.3 is 0 Å². The zero-order chi connectivity index (χ0) is 13.7. The number of aliphatic hydroxyl groups is 1. The van der Waals surface area contributed by atoms with Crippen LogP contribution in [0, 0.1) is 5.92 Å². The van der Waals surface area contributed by atoms with Crippen molar-refractivity contribution < 1.29 is 5.11 Å². The summed E-state index contributed by atoms with van der Waals surface area (Å²) in [4.78, 5) is 3.90. The Labute approximate surface area is 112 Å². The molecule has 0 aliphatic carbocycles. The molecule has 1 heterocycles. The second-order valence-corrected chi connectivity index (χ2v) is 4.38. The van der Waals surface area contributed by atoms with E-state index in [1.54, 1.807) is 23.2 Å². The average molecular weight is 255 g/mol. The molecule has 2 aromatic rings. The molecule has 19 heavy (non-hydrogen) atoms. The van der Waals surface area contributed by atoms with E-state index in [-0.39, 0.29) is 5.92 Å². The summed E-state index contributed by atoms with van der Waals surface area (Å²) in [6, 6.07) is 9.47. The highest BCUT2D eigenvalue weighted by molar-refractivity contribution is 5.26. The van der Waals surface area contributed by atoms with Gasteiger partial charge in [0.25, 0.3) is 0 Å². The lowest BCUT2D eigenvalue weighted by atomic mass is 9.81. The van der Waals surface area contributed by atoms with E-state index in [9.17, 15) is 5.11 Å². The van der Waals surface area contributed by atoms with Crippen molar-refractivity contribution in [3.8, 4) is 0 Å². The molecule has 0 saturated heterocycles. The molecular formula is C15H17N3O. The number of aromatic nitrogens is 3. The molecule has 1 aromatic heterocycles. The first kappa shape index (κ1) is 13.2. The average Bonchev–Trinajstić information content (AvgIpc) is 2.94. The molecule has 98 valence electrons. The summed E-state index contributed by atoms with van der Waals surface area (Å²) in [6.45, 7) is 7.84. The van der Waals surface area contributed by atoms with Gasteiger partial charge in [-0.2, -0.15) is 5.10 Å². The van der Waals surface area contributed by atoms with Gasteiger partial charge in [-0.1, -0.05) is 42.5 Å². The van der Waals surface area contributed by atoms with Crippen LogP contribution in [0.4, 0.5) is 0 Å². The summed E-state index contributed by atoms with van der Waals surface area (Å²) in [5, 5.41) is 15.1. The lowest BCUT2D eigenvalue weighted by molar-refractivity contribution is -0.00964.